The minimum absolute atomic E-state index is 0.0169. The van der Waals surface area contributed by atoms with E-state index in [4.69, 9.17) is 9.47 Å². The number of carbonyl (C=O) groups excluding carboxylic acids is 2. The second-order valence-electron chi connectivity index (χ2n) is 10.3. The summed E-state index contributed by atoms with van der Waals surface area (Å²) in [6.45, 7) is 2.70. The molecule has 10 heteroatoms. The van der Waals surface area contributed by atoms with Gasteiger partial charge >= 0.3 is 5.97 Å². The number of aromatic nitrogens is 2. The quantitative estimate of drug-likeness (QED) is 0.462. The van der Waals surface area contributed by atoms with E-state index in [1.54, 1.807) is 6.07 Å². The molecule has 0 bridgehead atoms. The lowest BCUT2D eigenvalue weighted by Gasteiger charge is -2.27. The van der Waals surface area contributed by atoms with Crippen molar-refractivity contribution >= 4 is 27.5 Å². The van der Waals surface area contributed by atoms with Crippen molar-refractivity contribution < 1.29 is 27.5 Å². The Bertz CT molecular complexity index is 1250. The second kappa shape index (κ2) is 10.9. The Hall–Kier alpha value is -2.85. The largest absolute Gasteiger partial charge is 0.459 e. The Kier molecular flexibility index (Phi) is 7.57. The number of hydrogen-bond acceptors (Lipinski definition) is 8. The minimum Gasteiger partial charge on any atom is -0.459 e. The molecule has 37 heavy (non-hydrogen) atoms. The zero-order chi connectivity index (χ0) is 26.0. The molecule has 1 aliphatic heterocycles. The van der Waals surface area contributed by atoms with Crippen LogP contribution < -0.4 is 5.32 Å². The van der Waals surface area contributed by atoms with Crippen LogP contribution in [0, 0.1) is 5.92 Å². The van der Waals surface area contributed by atoms with Crippen molar-refractivity contribution in [3.05, 3.63) is 47.4 Å². The minimum atomic E-state index is -3.32. The SMILES string of the molecule is CC(=O)OCc1cnc(NC(=O)[C@H](CC2CCOCC2)c2ccc(S(=O)(=O)C3CC3)c(C3CC3)c2)cn1. The number of carbonyl (C=O) groups is 2. The molecule has 2 aromatic rings. The van der Waals surface area contributed by atoms with Gasteiger partial charge in [-0.2, -0.15) is 0 Å². The van der Waals surface area contributed by atoms with Gasteiger partial charge in [0.15, 0.2) is 15.7 Å². The van der Waals surface area contributed by atoms with Gasteiger partial charge in [0.25, 0.3) is 0 Å². The van der Waals surface area contributed by atoms with E-state index in [-0.39, 0.29) is 23.7 Å². The van der Waals surface area contributed by atoms with Crippen LogP contribution in [-0.4, -0.2) is 48.7 Å². The lowest BCUT2D eigenvalue weighted by atomic mass is 9.83. The highest BCUT2D eigenvalue weighted by Crippen LogP contribution is 2.46. The van der Waals surface area contributed by atoms with Crippen LogP contribution in [-0.2, 0) is 35.5 Å². The summed E-state index contributed by atoms with van der Waals surface area (Å²) in [7, 11) is -3.32. The molecule has 198 valence electrons. The van der Waals surface area contributed by atoms with Crippen molar-refractivity contribution in [3.8, 4) is 0 Å². The predicted octanol–water partition coefficient (Wildman–Crippen LogP) is 3.89. The summed E-state index contributed by atoms with van der Waals surface area (Å²) in [6.07, 6.45) is 8.74. The number of sulfone groups is 1. The molecule has 1 saturated heterocycles. The van der Waals surface area contributed by atoms with Gasteiger partial charge in [0.2, 0.25) is 5.91 Å². The van der Waals surface area contributed by atoms with Gasteiger partial charge < -0.3 is 14.8 Å². The lowest BCUT2D eigenvalue weighted by Crippen LogP contribution is -2.26. The smallest absolute Gasteiger partial charge is 0.303 e. The van der Waals surface area contributed by atoms with E-state index in [1.807, 2.05) is 12.1 Å². The molecule has 0 unspecified atom stereocenters. The first-order chi connectivity index (χ1) is 17.8. The zero-order valence-electron chi connectivity index (χ0n) is 21.0. The first-order valence-corrected chi connectivity index (χ1v) is 14.6. The van der Waals surface area contributed by atoms with E-state index in [0.717, 1.165) is 49.7 Å². The Morgan fingerprint density at radius 2 is 1.84 bits per heavy atom. The Morgan fingerprint density at radius 1 is 1.08 bits per heavy atom. The molecular formula is C27H33N3O6S. The first kappa shape index (κ1) is 25.8. The van der Waals surface area contributed by atoms with Crippen molar-refractivity contribution in [2.45, 2.75) is 80.5 Å². The summed E-state index contributed by atoms with van der Waals surface area (Å²) in [5, 5.41) is 2.63. The van der Waals surface area contributed by atoms with E-state index in [2.05, 4.69) is 15.3 Å². The van der Waals surface area contributed by atoms with Gasteiger partial charge in [0, 0.05) is 20.1 Å². The number of rotatable bonds is 10. The molecule has 1 aromatic carbocycles. The van der Waals surface area contributed by atoms with E-state index < -0.39 is 21.7 Å². The standard InChI is InChI=1S/C27H33N3O6S/c1-17(31)36-16-21-14-29-26(15-28-21)30-27(32)24(12-18-8-10-35-11-9-18)20-4-7-25(23(13-20)19-2-3-19)37(33,34)22-5-6-22/h4,7,13-15,18-19,22,24H,2-3,5-6,8-12,16H2,1H3,(H,29,30,32)/t24-/m1/s1. The van der Waals surface area contributed by atoms with E-state index in [0.29, 0.717) is 42.0 Å². The Labute approximate surface area is 217 Å². The number of anilines is 1. The molecular weight excluding hydrogens is 494 g/mol. The van der Waals surface area contributed by atoms with Crippen molar-refractivity contribution in [1.82, 2.24) is 9.97 Å². The summed E-state index contributed by atoms with van der Waals surface area (Å²) in [4.78, 5) is 33.5. The van der Waals surface area contributed by atoms with Crippen molar-refractivity contribution in [1.29, 1.82) is 0 Å². The molecule has 1 N–H and O–H groups in total. The maximum atomic E-state index is 13.6. The number of benzene rings is 1. The van der Waals surface area contributed by atoms with Crippen LogP contribution in [0.5, 0.6) is 0 Å². The number of ether oxygens (including phenoxy) is 2. The molecule has 2 aliphatic carbocycles. The van der Waals surface area contributed by atoms with Gasteiger partial charge in [0.05, 0.1) is 34.2 Å². The van der Waals surface area contributed by atoms with E-state index in [9.17, 15) is 18.0 Å². The normalized spacial score (nSPS) is 19.3. The molecule has 0 radical (unpaired) electrons. The molecule has 2 saturated carbocycles. The summed E-state index contributed by atoms with van der Waals surface area (Å²) >= 11 is 0. The fraction of sp³-hybridized carbons (Fsp3) is 0.556. The molecule has 9 nitrogen and oxygen atoms in total. The van der Waals surface area contributed by atoms with Crippen molar-refractivity contribution in [2.24, 2.45) is 5.92 Å². The first-order valence-electron chi connectivity index (χ1n) is 13.0. The average molecular weight is 528 g/mol. The second-order valence-corrected chi connectivity index (χ2v) is 12.5. The summed E-state index contributed by atoms with van der Waals surface area (Å²) in [5.74, 6) is -0.179. The van der Waals surface area contributed by atoms with Crippen LogP contribution in [0.25, 0.3) is 0 Å². The van der Waals surface area contributed by atoms with Gasteiger partial charge in [0.1, 0.15) is 6.61 Å². The van der Waals surface area contributed by atoms with Crippen LogP contribution in [0.3, 0.4) is 0 Å². The molecule has 1 atom stereocenters. The topological polar surface area (TPSA) is 125 Å². The van der Waals surface area contributed by atoms with Crippen LogP contribution in [0.15, 0.2) is 35.5 Å². The van der Waals surface area contributed by atoms with Crippen LogP contribution >= 0.6 is 0 Å². The molecule has 0 spiro atoms. The van der Waals surface area contributed by atoms with Gasteiger partial charge in [-0.15, -0.1) is 0 Å². The monoisotopic (exact) mass is 527 g/mol. The molecule has 2 heterocycles. The van der Waals surface area contributed by atoms with Crippen molar-refractivity contribution in [2.75, 3.05) is 18.5 Å². The number of nitrogens with one attached hydrogen (secondary N) is 1. The maximum Gasteiger partial charge on any atom is 0.303 e. The molecule has 1 aromatic heterocycles. The van der Waals surface area contributed by atoms with Crippen LogP contribution in [0.4, 0.5) is 5.82 Å². The number of hydrogen-bond donors (Lipinski definition) is 1. The predicted molar refractivity (Wildman–Crippen MR) is 136 cm³/mol. The van der Waals surface area contributed by atoms with Crippen LogP contribution in [0.2, 0.25) is 0 Å². The molecule has 1 amide bonds. The number of esters is 1. The Balaban J connectivity index is 1.39. The highest BCUT2D eigenvalue weighted by Gasteiger charge is 2.41. The van der Waals surface area contributed by atoms with E-state index >= 15 is 0 Å². The van der Waals surface area contributed by atoms with Gasteiger partial charge in [-0.1, -0.05) is 12.1 Å². The Morgan fingerprint density at radius 3 is 2.46 bits per heavy atom. The van der Waals surface area contributed by atoms with Crippen LogP contribution in [0.1, 0.15) is 80.5 Å². The van der Waals surface area contributed by atoms with Gasteiger partial charge in [-0.05, 0) is 74.0 Å². The summed E-state index contributed by atoms with van der Waals surface area (Å²) < 4.78 is 36.6. The third-order valence-electron chi connectivity index (χ3n) is 7.33. The highest BCUT2D eigenvalue weighted by molar-refractivity contribution is 7.92. The lowest BCUT2D eigenvalue weighted by molar-refractivity contribution is -0.142. The highest BCUT2D eigenvalue weighted by atomic mass is 32.2. The fourth-order valence-corrected chi connectivity index (χ4v) is 6.83. The molecule has 3 aliphatic rings. The number of nitrogens with zero attached hydrogens (tertiary/aromatic N) is 2. The van der Waals surface area contributed by atoms with Crippen molar-refractivity contribution in [3.63, 3.8) is 0 Å². The number of amides is 1. The zero-order valence-corrected chi connectivity index (χ0v) is 21.8. The molecule has 5 rings (SSSR count). The molecule has 3 fully saturated rings. The third kappa shape index (κ3) is 6.35. The van der Waals surface area contributed by atoms with Gasteiger partial charge in [-0.25, -0.2) is 13.4 Å². The average Bonchev–Trinajstić information content (AvgIpc) is 3.79. The fourth-order valence-electron chi connectivity index (χ4n) is 4.91. The maximum absolute atomic E-state index is 13.6. The van der Waals surface area contributed by atoms with Gasteiger partial charge in [-0.3, -0.25) is 14.6 Å². The van der Waals surface area contributed by atoms with E-state index in [1.165, 1.54) is 19.3 Å². The summed E-state index contributed by atoms with van der Waals surface area (Å²) in [6, 6.07) is 5.51. The third-order valence-corrected chi connectivity index (χ3v) is 9.66. The summed E-state index contributed by atoms with van der Waals surface area (Å²) in [5.41, 5.74) is 2.18.